The molecule has 8 heteroatoms. The molecular formula is C20H17ClN4O2S. The fraction of sp³-hybridized carbons (Fsp3) is 0.100. The van der Waals surface area contributed by atoms with Crippen LogP contribution >= 0.6 is 22.9 Å². The van der Waals surface area contributed by atoms with Crippen molar-refractivity contribution in [1.29, 1.82) is 0 Å². The lowest BCUT2D eigenvalue weighted by atomic mass is 10.1. The quantitative estimate of drug-likeness (QED) is 0.503. The van der Waals surface area contributed by atoms with E-state index in [-0.39, 0.29) is 6.10 Å². The molecule has 0 bridgehead atoms. The third kappa shape index (κ3) is 3.30. The molecule has 4 N–H and O–H groups in total. The van der Waals surface area contributed by atoms with E-state index in [1.807, 2.05) is 35.7 Å². The van der Waals surface area contributed by atoms with Gasteiger partial charge in [-0.25, -0.2) is 4.98 Å². The van der Waals surface area contributed by atoms with Gasteiger partial charge in [-0.1, -0.05) is 29.8 Å². The number of carbonyl (C=O) groups is 1. The normalized spacial score (nSPS) is 12.2. The van der Waals surface area contributed by atoms with Crippen LogP contribution in [0.3, 0.4) is 0 Å². The molecule has 0 fully saturated rings. The van der Waals surface area contributed by atoms with Gasteiger partial charge in [-0.2, -0.15) is 0 Å². The molecule has 0 radical (unpaired) electrons. The zero-order valence-electron chi connectivity index (χ0n) is 14.9. The van der Waals surface area contributed by atoms with Gasteiger partial charge in [0.15, 0.2) is 0 Å². The molecule has 3 heterocycles. The Balaban J connectivity index is 1.73. The number of nitrogens with zero attached hydrogens (tertiary/aromatic N) is 2. The minimum atomic E-state index is -0.546. The molecule has 28 heavy (non-hydrogen) atoms. The van der Waals surface area contributed by atoms with Gasteiger partial charge in [0, 0.05) is 34.6 Å². The lowest BCUT2D eigenvalue weighted by Gasteiger charge is -2.16. The van der Waals surface area contributed by atoms with Crippen molar-refractivity contribution < 1.29 is 9.53 Å². The summed E-state index contributed by atoms with van der Waals surface area (Å²) in [4.78, 5) is 17.5. The molecular weight excluding hydrogens is 396 g/mol. The number of pyridine rings is 1. The lowest BCUT2D eigenvalue weighted by molar-refractivity contribution is 0.0998. The van der Waals surface area contributed by atoms with Crippen LogP contribution < -0.4 is 16.2 Å². The maximum Gasteiger partial charge on any atom is 0.262 e. The number of aromatic nitrogens is 2. The van der Waals surface area contributed by atoms with Gasteiger partial charge in [0.1, 0.15) is 22.4 Å². The maximum absolute atomic E-state index is 12.0. The number of benzene rings is 1. The summed E-state index contributed by atoms with van der Waals surface area (Å²) >= 11 is 7.52. The highest BCUT2D eigenvalue weighted by Crippen LogP contribution is 2.39. The Kier molecular flexibility index (Phi) is 4.70. The van der Waals surface area contributed by atoms with E-state index in [0.29, 0.717) is 21.3 Å². The first kappa shape index (κ1) is 18.3. The third-order valence-corrected chi connectivity index (χ3v) is 5.86. The molecule has 1 aromatic carbocycles. The largest absolute Gasteiger partial charge is 0.484 e. The Morgan fingerprint density at radius 2 is 2.07 bits per heavy atom. The van der Waals surface area contributed by atoms with Crippen LogP contribution in [0.1, 0.15) is 28.3 Å². The number of anilines is 1. The molecule has 4 aromatic rings. The summed E-state index contributed by atoms with van der Waals surface area (Å²) in [6.07, 6.45) is 3.21. The zero-order valence-corrected chi connectivity index (χ0v) is 16.5. The second-order valence-corrected chi connectivity index (χ2v) is 7.74. The molecule has 4 rings (SSSR count). The van der Waals surface area contributed by atoms with Gasteiger partial charge in [-0.3, -0.25) is 9.20 Å². The lowest BCUT2D eigenvalue weighted by Crippen LogP contribution is -2.12. The van der Waals surface area contributed by atoms with Crippen LogP contribution in [-0.2, 0) is 0 Å². The van der Waals surface area contributed by atoms with Gasteiger partial charge in [0.2, 0.25) is 0 Å². The smallest absolute Gasteiger partial charge is 0.262 e. The van der Waals surface area contributed by atoms with E-state index < -0.39 is 5.91 Å². The first-order valence-electron chi connectivity index (χ1n) is 8.51. The number of thiophene rings is 1. The second kappa shape index (κ2) is 7.18. The number of imidazole rings is 1. The summed E-state index contributed by atoms with van der Waals surface area (Å²) in [5, 5.41) is 0.602. The van der Waals surface area contributed by atoms with Crippen LogP contribution in [0.2, 0.25) is 5.02 Å². The molecule has 1 atom stereocenters. The average molecular weight is 413 g/mol. The molecule has 0 aliphatic rings. The molecule has 0 saturated carbocycles. The van der Waals surface area contributed by atoms with Crippen LogP contribution in [0, 0.1) is 0 Å². The van der Waals surface area contributed by atoms with Crippen molar-refractivity contribution in [2.24, 2.45) is 5.73 Å². The van der Waals surface area contributed by atoms with E-state index in [4.69, 9.17) is 27.8 Å². The number of halogens is 1. The van der Waals surface area contributed by atoms with Gasteiger partial charge in [-0.05, 0) is 19.1 Å². The molecule has 0 saturated heterocycles. The van der Waals surface area contributed by atoms with E-state index in [0.717, 1.165) is 21.8 Å². The number of fused-ring (bicyclic) bond motifs is 1. The Morgan fingerprint density at radius 3 is 2.82 bits per heavy atom. The van der Waals surface area contributed by atoms with Crippen LogP contribution in [0.25, 0.3) is 16.2 Å². The summed E-state index contributed by atoms with van der Waals surface area (Å²) in [6, 6.07) is 12.8. The Morgan fingerprint density at radius 1 is 1.29 bits per heavy atom. The number of nitrogens with two attached hydrogens (primary N) is 2. The fourth-order valence-corrected chi connectivity index (χ4v) is 4.24. The number of amides is 1. The van der Waals surface area contributed by atoms with E-state index in [2.05, 4.69) is 4.98 Å². The molecule has 0 aliphatic carbocycles. The Bertz CT molecular complexity index is 1180. The monoisotopic (exact) mass is 412 g/mol. The van der Waals surface area contributed by atoms with E-state index in [1.54, 1.807) is 30.5 Å². The summed E-state index contributed by atoms with van der Waals surface area (Å²) < 4.78 is 7.96. The Hall–Kier alpha value is -3.03. The molecule has 6 nitrogen and oxygen atoms in total. The maximum atomic E-state index is 12.0. The summed E-state index contributed by atoms with van der Waals surface area (Å²) in [5.41, 5.74) is 14.4. The number of rotatable bonds is 5. The third-order valence-electron chi connectivity index (χ3n) is 4.36. The van der Waals surface area contributed by atoms with Crippen LogP contribution in [0.5, 0.6) is 5.75 Å². The number of ether oxygens (including phenoxy) is 1. The molecule has 1 amide bonds. The number of nitrogen functional groups attached to an aromatic ring is 1. The van der Waals surface area contributed by atoms with Gasteiger partial charge in [0.25, 0.3) is 5.91 Å². The van der Waals surface area contributed by atoms with Crippen molar-refractivity contribution in [1.82, 2.24) is 9.38 Å². The first-order valence-corrected chi connectivity index (χ1v) is 9.71. The standard InChI is InChI=1S/C20H17ClN4O2S/c1-11(13-4-2-3-5-14(13)21)27-16-9-17(28-19(16)20(23)26)15-10-24-18-8-12(22)6-7-25(15)18/h2-11H,22H2,1H3,(H2,23,26). The summed E-state index contributed by atoms with van der Waals surface area (Å²) in [6.45, 7) is 1.88. The predicted molar refractivity (Wildman–Crippen MR) is 112 cm³/mol. The average Bonchev–Trinajstić information content (AvgIpc) is 3.25. The predicted octanol–water partition coefficient (Wildman–Crippen LogP) is 4.54. The van der Waals surface area contributed by atoms with Gasteiger partial charge in [-0.15, -0.1) is 11.3 Å². The van der Waals surface area contributed by atoms with E-state index in [9.17, 15) is 4.79 Å². The van der Waals surface area contributed by atoms with Crippen molar-refractivity contribution >= 4 is 40.2 Å². The summed E-state index contributed by atoms with van der Waals surface area (Å²) in [7, 11) is 0. The van der Waals surface area contributed by atoms with Crippen LogP contribution in [0.4, 0.5) is 5.69 Å². The summed E-state index contributed by atoms with van der Waals surface area (Å²) in [5.74, 6) is -0.124. The number of hydrogen-bond acceptors (Lipinski definition) is 5. The van der Waals surface area contributed by atoms with E-state index in [1.165, 1.54) is 11.3 Å². The topological polar surface area (TPSA) is 95.6 Å². The second-order valence-electron chi connectivity index (χ2n) is 6.28. The number of hydrogen-bond donors (Lipinski definition) is 2. The first-order chi connectivity index (χ1) is 13.4. The number of primary amides is 1. The molecule has 3 aromatic heterocycles. The van der Waals surface area contributed by atoms with Crippen molar-refractivity contribution in [3.63, 3.8) is 0 Å². The van der Waals surface area contributed by atoms with Crippen molar-refractivity contribution in [3.05, 3.63) is 70.3 Å². The Labute approximate surface area is 170 Å². The SMILES string of the molecule is CC(Oc1cc(-c2cnc3cc(N)ccn23)sc1C(N)=O)c1ccccc1Cl. The highest BCUT2D eigenvalue weighted by molar-refractivity contribution is 7.17. The minimum absolute atomic E-state index is 0.347. The van der Waals surface area contributed by atoms with E-state index >= 15 is 0 Å². The van der Waals surface area contributed by atoms with Crippen molar-refractivity contribution in [3.8, 4) is 16.3 Å². The van der Waals surface area contributed by atoms with Crippen molar-refractivity contribution in [2.45, 2.75) is 13.0 Å². The molecule has 1 unspecified atom stereocenters. The fourth-order valence-electron chi connectivity index (χ4n) is 3.00. The highest BCUT2D eigenvalue weighted by Gasteiger charge is 2.21. The molecule has 0 spiro atoms. The van der Waals surface area contributed by atoms with Crippen molar-refractivity contribution in [2.75, 3.05) is 5.73 Å². The van der Waals surface area contributed by atoms with Crippen LogP contribution in [-0.4, -0.2) is 15.3 Å². The highest BCUT2D eigenvalue weighted by atomic mass is 35.5. The molecule has 142 valence electrons. The minimum Gasteiger partial charge on any atom is -0.484 e. The zero-order chi connectivity index (χ0) is 19.8. The number of carbonyl (C=O) groups excluding carboxylic acids is 1. The molecule has 0 aliphatic heterocycles. The van der Waals surface area contributed by atoms with Gasteiger partial charge < -0.3 is 16.2 Å². The van der Waals surface area contributed by atoms with Gasteiger partial charge >= 0.3 is 0 Å². The van der Waals surface area contributed by atoms with Crippen LogP contribution in [0.15, 0.2) is 54.9 Å². The van der Waals surface area contributed by atoms with Gasteiger partial charge in [0.05, 0.1) is 16.8 Å².